The van der Waals surface area contributed by atoms with Gasteiger partial charge >= 0.3 is 0 Å². The van der Waals surface area contributed by atoms with Crippen LogP contribution < -0.4 is 5.32 Å². The molecule has 19 heavy (non-hydrogen) atoms. The molecule has 2 aromatic rings. The molecule has 1 heterocycles. The standard InChI is InChI=1S/C14H17N3O2/c1-3-4-10-8-13(17-16-10)15-14(19)11-6-5-9(2)7-12(11)18/h5-8,18H,3-4H2,1-2H3,(H2,15,16,17,19). The molecule has 0 fully saturated rings. The average Bonchev–Trinajstić information content (AvgIpc) is 2.76. The smallest absolute Gasteiger partial charge is 0.260 e. The summed E-state index contributed by atoms with van der Waals surface area (Å²) in [5.74, 6) is 0.0716. The number of benzene rings is 1. The van der Waals surface area contributed by atoms with E-state index in [-0.39, 0.29) is 17.2 Å². The van der Waals surface area contributed by atoms with Gasteiger partial charge in [-0.05, 0) is 31.0 Å². The zero-order valence-corrected chi connectivity index (χ0v) is 11.0. The van der Waals surface area contributed by atoms with Crippen LogP contribution in [0, 0.1) is 6.92 Å². The van der Waals surface area contributed by atoms with Gasteiger partial charge < -0.3 is 10.4 Å². The van der Waals surface area contributed by atoms with E-state index < -0.39 is 0 Å². The van der Waals surface area contributed by atoms with Crippen molar-refractivity contribution >= 4 is 11.7 Å². The Hall–Kier alpha value is -2.30. The maximum atomic E-state index is 12.0. The third kappa shape index (κ3) is 3.13. The van der Waals surface area contributed by atoms with E-state index >= 15 is 0 Å². The van der Waals surface area contributed by atoms with E-state index in [4.69, 9.17) is 0 Å². The second-order valence-corrected chi connectivity index (χ2v) is 4.50. The Morgan fingerprint density at radius 3 is 2.89 bits per heavy atom. The summed E-state index contributed by atoms with van der Waals surface area (Å²) in [5.41, 5.74) is 2.12. The number of amides is 1. The highest BCUT2D eigenvalue weighted by atomic mass is 16.3. The second-order valence-electron chi connectivity index (χ2n) is 4.50. The van der Waals surface area contributed by atoms with Crippen molar-refractivity contribution in [1.82, 2.24) is 10.2 Å². The molecule has 0 aliphatic carbocycles. The molecule has 0 aliphatic rings. The summed E-state index contributed by atoms with van der Waals surface area (Å²) in [4.78, 5) is 12.0. The molecular weight excluding hydrogens is 242 g/mol. The number of nitrogens with zero attached hydrogens (tertiary/aromatic N) is 1. The summed E-state index contributed by atoms with van der Waals surface area (Å²) < 4.78 is 0. The highest BCUT2D eigenvalue weighted by Crippen LogP contribution is 2.19. The Labute approximate surface area is 111 Å². The number of H-pyrrole nitrogens is 1. The lowest BCUT2D eigenvalue weighted by Gasteiger charge is -2.04. The van der Waals surface area contributed by atoms with Crippen LogP contribution in [-0.4, -0.2) is 21.2 Å². The number of carbonyl (C=O) groups excluding carboxylic acids is 1. The Morgan fingerprint density at radius 1 is 1.42 bits per heavy atom. The van der Waals surface area contributed by atoms with Gasteiger partial charge in [0.1, 0.15) is 5.75 Å². The van der Waals surface area contributed by atoms with Gasteiger partial charge in [0.2, 0.25) is 0 Å². The van der Waals surface area contributed by atoms with E-state index in [1.807, 2.05) is 6.92 Å². The Balaban J connectivity index is 2.11. The number of hydrogen-bond acceptors (Lipinski definition) is 3. The quantitative estimate of drug-likeness (QED) is 0.789. The van der Waals surface area contributed by atoms with Crippen LogP contribution in [0.15, 0.2) is 24.3 Å². The molecular formula is C14H17N3O2. The van der Waals surface area contributed by atoms with E-state index in [0.29, 0.717) is 5.82 Å². The molecule has 100 valence electrons. The van der Waals surface area contributed by atoms with E-state index in [2.05, 4.69) is 22.4 Å². The van der Waals surface area contributed by atoms with Gasteiger partial charge in [0.15, 0.2) is 5.82 Å². The van der Waals surface area contributed by atoms with E-state index in [1.165, 1.54) is 0 Å². The fraction of sp³-hybridized carbons (Fsp3) is 0.286. The van der Waals surface area contributed by atoms with Crippen molar-refractivity contribution in [3.05, 3.63) is 41.1 Å². The lowest BCUT2D eigenvalue weighted by molar-refractivity contribution is 0.102. The van der Waals surface area contributed by atoms with Gasteiger partial charge in [-0.25, -0.2) is 0 Å². The third-order valence-electron chi connectivity index (χ3n) is 2.79. The van der Waals surface area contributed by atoms with Crippen LogP contribution in [-0.2, 0) is 6.42 Å². The van der Waals surface area contributed by atoms with Crippen molar-refractivity contribution in [3.63, 3.8) is 0 Å². The maximum absolute atomic E-state index is 12.0. The highest BCUT2D eigenvalue weighted by molar-refractivity contribution is 6.05. The summed E-state index contributed by atoms with van der Waals surface area (Å²) in [7, 11) is 0. The Kier molecular flexibility index (Phi) is 3.85. The third-order valence-corrected chi connectivity index (χ3v) is 2.79. The fourth-order valence-corrected chi connectivity index (χ4v) is 1.84. The van der Waals surface area contributed by atoms with Gasteiger partial charge in [-0.15, -0.1) is 0 Å². The van der Waals surface area contributed by atoms with Crippen molar-refractivity contribution in [2.24, 2.45) is 0 Å². The van der Waals surface area contributed by atoms with Crippen LogP contribution >= 0.6 is 0 Å². The number of phenols is 1. The summed E-state index contributed by atoms with van der Waals surface area (Å²) in [5, 5.41) is 19.3. The molecule has 3 N–H and O–H groups in total. The number of aromatic hydroxyl groups is 1. The van der Waals surface area contributed by atoms with Crippen LogP contribution in [0.5, 0.6) is 5.75 Å². The number of phenolic OH excluding ortho intramolecular Hbond substituents is 1. The van der Waals surface area contributed by atoms with Crippen molar-refractivity contribution in [1.29, 1.82) is 0 Å². The van der Waals surface area contributed by atoms with Crippen molar-refractivity contribution in [2.75, 3.05) is 5.32 Å². The number of carbonyl (C=O) groups is 1. The van der Waals surface area contributed by atoms with Gasteiger partial charge in [0.25, 0.3) is 5.91 Å². The molecule has 1 aromatic heterocycles. The molecule has 2 rings (SSSR count). The molecule has 0 aliphatic heterocycles. The predicted octanol–water partition coefficient (Wildman–Crippen LogP) is 2.63. The molecule has 5 nitrogen and oxygen atoms in total. The minimum atomic E-state index is -0.368. The molecule has 0 atom stereocenters. The van der Waals surface area contributed by atoms with Crippen LogP contribution in [0.2, 0.25) is 0 Å². The van der Waals surface area contributed by atoms with Crippen LogP contribution in [0.25, 0.3) is 0 Å². The summed E-state index contributed by atoms with van der Waals surface area (Å²) in [6.45, 7) is 3.93. The first-order valence-electron chi connectivity index (χ1n) is 6.25. The summed E-state index contributed by atoms with van der Waals surface area (Å²) in [6, 6.07) is 6.73. The zero-order valence-electron chi connectivity index (χ0n) is 11.0. The molecule has 1 aromatic carbocycles. The van der Waals surface area contributed by atoms with Gasteiger partial charge in [-0.1, -0.05) is 19.4 Å². The van der Waals surface area contributed by atoms with Crippen molar-refractivity contribution < 1.29 is 9.90 Å². The van der Waals surface area contributed by atoms with Crippen LogP contribution in [0.1, 0.15) is 35.0 Å². The van der Waals surface area contributed by atoms with E-state index in [9.17, 15) is 9.90 Å². The first kappa shape index (κ1) is 13.1. The van der Waals surface area contributed by atoms with Gasteiger partial charge in [0, 0.05) is 11.8 Å². The van der Waals surface area contributed by atoms with Crippen LogP contribution in [0.3, 0.4) is 0 Å². The van der Waals surface area contributed by atoms with Gasteiger partial charge in [-0.3, -0.25) is 9.89 Å². The average molecular weight is 259 g/mol. The first-order valence-corrected chi connectivity index (χ1v) is 6.25. The largest absolute Gasteiger partial charge is 0.507 e. The van der Waals surface area contributed by atoms with E-state index in [0.717, 1.165) is 24.1 Å². The van der Waals surface area contributed by atoms with Gasteiger partial charge in [0.05, 0.1) is 5.56 Å². The number of aromatic nitrogens is 2. The molecule has 1 amide bonds. The zero-order chi connectivity index (χ0) is 13.8. The Morgan fingerprint density at radius 2 is 2.21 bits per heavy atom. The fourth-order valence-electron chi connectivity index (χ4n) is 1.84. The monoisotopic (exact) mass is 259 g/mol. The van der Waals surface area contributed by atoms with Crippen molar-refractivity contribution in [2.45, 2.75) is 26.7 Å². The maximum Gasteiger partial charge on any atom is 0.260 e. The number of hydrogen-bond donors (Lipinski definition) is 3. The molecule has 0 saturated heterocycles. The number of nitrogens with one attached hydrogen (secondary N) is 2. The number of anilines is 1. The normalized spacial score (nSPS) is 10.4. The first-order chi connectivity index (χ1) is 9.10. The van der Waals surface area contributed by atoms with Crippen molar-refractivity contribution in [3.8, 4) is 5.75 Å². The van der Waals surface area contributed by atoms with Gasteiger partial charge in [-0.2, -0.15) is 5.10 Å². The summed E-state index contributed by atoms with van der Waals surface area (Å²) >= 11 is 0. The topological polar surface area (TPSA) is 78.0 Å². The second kappa shape index (κ2) is 5.56. The number of rotatable bonds is 4. The Bertz CT molecular complexity index is 590. The van der Waals surface area contributed by atoms with E-state index in [1.54, 1.807) is 24.3 Å². The summed E-state index contributed by atoms with van der Waals surface area (Å²) in [6.07, 6.45) is 1.90. The van der Waals surface area contributed by atoms with Crippen LogP contribution in [0.4, 0.5) is 5.82 Å². The lowest BCUT2D eigenvalue weighted by atomic mass is 10.1. The minimum absolute atomic E-state index is 0.0261. The SMILES string of the molecule is CCCc1cc(NC(=O)c2ccc(C)cc2O)n[nH]1. The molecule has 0 unspecified atom stereocenters. The minimum Gasteiger partial charge on any atom is -0.507 e. The molecule has 5 heteroatoms. The molecule has 0 spiro atoms. The number of aryl methyl sites for hydroxylation is 2. The molecule has 0 saturated carbocycles. The molecule has 0 bridgehead atoms. The molecule has 0 radical (unpaired) electrons. The highest BCUT2D eigenvalue weighted by Gasteiger charge is 2.12. The predicted molar refractivity (Wildman–Crippen MR) is 73.4 cm³/mol. The lowest BCUT2D eigenvalue weighted by Crippen LogP contribution is -2.12. The number of aromatic amines is 1.